The molecule has 166 valence electrons. The summed E-state index contributed by atoms with van der Waals surface area (Å²) in [4.78, 5) is 53.3. The molecule has 0 aliphatic heterocycles. The summed E-state index contributed by atoms with van der Waals surface area (Å²) in [5, 5.41) is 14.0. The van der Waals surface area contributed by atoms with E-state index in [1.54, 1.807) is 30.3 Å². The van der Waals surface area contributed by atoms with Crippen molar-refractivity contribution < 1.29 is 9.72 Å². The summed E-state index contributed by atoms with van der Waals surface area (Å²) in [5.74, 6) is -0.598. The van der Waals surface area contributed by atoms with E-state index < -0.39 is 28.6 Å². The number of non-ortho nitro benzene ring substituents is 1. The van der Waals surface area contributed by atoms with Crippen molar-refractivity contribution in [2.75, 3.05) is 5.32 Å². The third-order valence-corrected chi connectivity index (χ3v) is 5.14. The third kappa shape index (κ3) is 4.65. The predicted molar refractivity (Wildman–Crippen MR) is 123 cm³/mol. The number of amides is 1. The van der Waals surface area contributed by atoms with Crippen LogP contribution in [0.5, 0.6) is 0 Å². The van der Waals surface area contributed by atoms with Crippen molar-refractivity contribution in [2.24, 2.45) is 0 Å². The molecule has 2 aromatic carbocycles. The van der Waals surface area contributed by atoms with Gasteiger partial charge in [0.05, 0.1) is 17.0 Å². The van der Waals surface area contributed by atoms with E-state index >= 15 is 0 Å². The molecule has 10 nitrogen and oxygen atoms in total. The number of nitro benzene ring substituents is 1. The van der Waals surface area contributed by atoms with Crippen LogP contribution in [0.25, 0.3) is 11.0 Å². The van der Waals surface area contributed by atoms with E-state index in [-0.39, 0.29) is 29.0 Å². The lowest BCUT2D eigenvalue weighted by molar-refractivity contribution is -0.384. The topological polar surface area (TPSA) is 129 Å². The number of benzene rings is 2. The van der Waals surface area contributed by atoms with Gasteiger partial charge in [0, 0.05) is 29.0 Å². The molecule has 0 fully saturated rings. The SMILES string of the molecule is O=C(Cn1c(=O)n(Cc2ccc(Cl)cc2)c(=O)c2ncccc21)Nc1cccc([N+](=O)[O-])c1. The van der Waals surface area contributed by atoms with Crippen molar-refractivity contribution in [1.29, 1.82) is 0 Å². The van der Waals surface area contributed by atoms with Gasteiger partial charge >= 0.3 is 5.69 Å². The van der Waals surface area contributed by atoms with E-state index in [9.17, 15) is 24.5 Å². The standard InChI is InChI=1S/C22H16ClN5O5/c23-15-8-6-14(7-9-15)12-27-21(30)20-18(5-2-10-24-20)26(22(27)31)13-19(29)25-16-3-1-4-17(11-16)28(32)33/h1-11H,12-13H2,(H,25,29). The number of hydrogen-bond acceptors (Lipinski definition) is 6. The highest BCUT2D eigenvalue weighted by Crippen LogP contribution is 2.17. The Balaban J connectivity index is 1.72. The zero-order chi connectivity index (χ0) is 23.5. The molecule has 0 atom stereocenters. The molecule has 2 heterocycles. The minimum Gasteiger partial charge on any atom is -0.324 e. The first-order chi connectivity index (χ1) is 15.8. The number of fused-ring (bicyclic) bond motifs is 1. The van der Waals surface area contributed by atoms with Crippen LogP contribution in [0.2, 0.25) is 5.02 Å². The highest BCUT2D eigenvalue weighted by molar-refractivity contribution is 6.30. The number of nitrogens with zero attached hydrogens (tertiary/aromatic N) is 4. The molecule has 11 heteroatoms. The van der Waals surface area contributed by atoms with Gasteiger partial charge in [-0.25, -0.2) is 9.78 Å². The van der Waals surface area contributed by atoms with Gasteiger partial charge in [-0.2, -0.15) is 0 Å². The number of carbonyl (C=O) groups excluding carboxylic acids is 1. The summed E-state index contributed by atoms with van der Waals surface area (Å²) >= 11 is 5.91. The smallest absolute Gasteiger partial charge is 0.324 e. The lowest BCUT2D eigenvalue weighted by atomic mass is 10.2. The molecular weight excluding hydrogens is 450 g/mol. The second kappa shape index (κ2) is 9.05. The second-order valence-electron chi connectivity index (χ2n) is 7.11. The number of anilines is 1. The van der Waals surface area contributed by atoms with Gasteiger partial charge in [-0.1, -0.05) is 29.8 Å². The zero-order valence-electron chi connectivity index (χ0n) is 17.0. The Morgan fingerprint density at radius 2 is 1.82 bits per heavy atom. The van der Waals surface area contributed by atoms with Crippen LogP contribution in [-0.2, 0) is 17.9 Å². The van der Waals surface area contributed by atoms with Crippen molar-refractivity contribution in [3.05, 3.63) is 108 Å². The van der Waals surface area contributed by atoms with Crippen molar-refractivity contribution in [2.45, 2.75) is 13.1 Å². The summed E-state index contributed by atoms with van der Waals surface area (Å²) in [7, 11) is 0. The van der Waals surface area contributed by atoms with Crippen LogP contribution in [0.1, 0.15) is 5.56 Å². The van der Waals surface area contributed by atoms with E-state index in [0.29, 0.717) is 10.6 Å². The normalized spacial score (nSPS) is 10.8. The van der Waals surface area contributed by atoms with Gasteiger partial charge in [-0.05, 0) is 35.9 Å². The molecule has 0 aliphatic carbocycles. The quantitative estimate of drug-likeness (QED) is 0.344. The molecule has 2 aromatic heterocycles. The summed E-state index contributed by atoms with van der Waals surface area (Å²) in [5.41, 5.74) is -0.342. The Kier molecular flexibility index (Phi) is 6.01. The summed E-state index contributed by atoms with van der Waals surface area (Å²) in [6, 6.07) is 15.2. The van der Waals surface area contributed by atoms with E-state index in [4.69, 9.17) is 11.6 Å². The minimum absolute atomic E-state index is 0.0339. The van der Waals surface area contributed by atoms with Crippen LogP contribution in [0, 0.1) is 10.1 Å². The molecule has 0 radical (unpaired) electrons. The Hall–Kier alpha value is -4.31. The zero-order valence-corrected chi connectivity index (χ0v) is 17.7. The number of carbonyl (C=O) groups is 1. The maximum atomic E-state index is 13.2. The first-order valence-corrected chi connectivity index (χ1v) is 10.1. The molecule has 0 aliphatic rings. The van der Waals surface area contributed by atoms with E-state index in [1.807, 2.05) is 0 Å². The van der Waals surface area contributed by atoms with Crippen molar-refractivity contribution in [1.82, 2.24) is 14.1 Å². The number of pyridine rings is 1. The molecule has 0 unspecified atom stereocenters. The number of nitrogens with one attached hydrogen (secondary N) is 1. The third-order valence-electron chi connectivity index (χ3n) is 4.88. The summed E-state index contributed by atoms with van der Waals surface area (Å²) in [6.07, 6.45) is 1.42. The maximum absolute atomic E-state index is 13.2. The fourth-order valence-corrected chi connectivity index (χ4v) is 3.47. The molecule has 1 N–H and O–H groups in total. The lowest BCUT2D eigenvalue weighted by Crippen LogP contribution is -2.42. The van der Waals surface area contributed by atoms with Crippen molar-refractivity contribution >= 4 is 39.9 Å². The Morgan fingerprint density at radius 1 is 1.06 bits per heavy atom. The van der Waals surface area contributed by atoms with Gasteiger partial charge in [0.25, 0.3) is 11.2 Å². The van der Waals surface area contributed by atoms with Crippen LogP contribution in [0.4, 0.5) is 11.4 Å². The number of nitro groups is 1. The van der Waals surface area contributed by atoms with Gasteiger partial charge in [-0.3, -0.25) is 28.8 Å². The van der Waals surface area contributed by atoms with Gasteiger partial charge in [-0.15, -0.1) is 0 Å². The lowest BCUT2D eigenvalue weighted by Gasteiger charge is -2.14. The van der Waals surface area contributed by atoms with E-state index in [2.05, 4.69) is 10.3 Å². The van der Waals surface area contributed by atoms with Crippen LogP contribution in [0.15, 0.2) is 76.4 Å². The highest BCUT2D eigenvalue weighted by Gasteiger charge is 2.17. The van der Waals surface area contributed by atoms with Crippen LogP contribution in [-0.4, -0.2) is 24.9 Å². The van der Waals surface area contributed by atoms with Gasteiger partial charge in [0.1, 0.15) is 6.54 Å². The Labute approximate surface area is 190 Å². The molecule has 4 aromatic rings. The summed E-state index contributed by atoms with van der Waals surface area (Å²) in [6.45, 7) is -0.460. The van der Waals surface area contributed by atoms with E-state index in [0.717, 1.165) is 9.13 Å². The van der Waals surface area contributed by atoms with Crippen LogP contribution in [0.3, 0.4) is 0 Å². The van der Waals surface area contributed by atoms with Gasteiger partial charge < -0.3 is 5.32 Å². The van der Waals surface area contributed by atoms with Gasteiger partial charge in [0.2, 0.25) is 5.91 Å². The molecule has 33 heavy (non-hydrogen) atoms. The van der Waals surface area contributed by atoms with Crippen molar-refractivity contribution in [3.63, 3.8) is 0 Å². The predicted octanol–water partition coefficient (Wildman–Crippen LogP) is 2.81. The average molecular weight is 466 g/mol. The fraction of sp³-hybridized carbons (Fsp3) is 0.0909. The summed E-state index contributed by atoms with van der Waals surface area (Å²) < 4.78 is 2.14. The molecule has 0 spiro atoms. The molecule has 0 saturated carbocycles. The Morgan fingerprint density at radius 3 is 2.55 bits per heavy atom. The molecule has 0 bridgehead atoms. The van der Waals surface area contributed by atoms with Crippen molar-refractivity contribution in [3.8, 4) is 0 Å². The first-order valence-electron chi connectivity index (χ1n) is 9.70. The molecular formula is C22H16ClN5O5. The van der Waals surface area contributed by atoms with Crippen LogP contribution >= 0.6 is 11.6 Å². The number of halogens is 1. The molecule has 1 amide bonds. The number of hydrogen-bond donors (Lipinski definition) is 1. The number of aromatic nitrogens is 3. The average Bonchev–Trinajstić information content (AvgIpc) is 2.81. The molecule has 4 rings (SSSR count). The second-order valence-corrected chi connectivity index (χ2v) is 7.55. The largest absolute Gasteiger partial charge is 0.332 e. The Bertz CT molecular complexity index is 1490. The monoisotopic (exact) mass is 465 g/mol. The fourth-order valence-electron chi connectivity index (χ4n) is 3.35. The van der Waals surface area contributed by atoms with E-state index in [1.165, 1.54) is 36.5 Å². The van der Waals surface area contributed by atoms with Gasteiger partial charge in [0.15, 0.2) is 5.52 Å². The maximum Gasteiger partial charge on any atom is 0.332 e. The highest BCUT2D eigenvalue weighted by atomic mass is 35.5. The molecule has 0 saturated heterocycles. The number of rotatable bonds is 6. The first kappa shape index (κ1) is 21.9. The van der Waals surface area contributed by atoms with Crippen LogP contribution < -0.4 is 16.6 Å². The minimum atomic E-state index is -0.690.